The summed E-state index contributed by atoms with van der Waals surface area (Å²) >= 11 is 0. The lowest BCUT2D eigenvalue weighted by molar-refractivity contribution is 0.0512. The maximum atomic E-state index is 16.4. The molecule has 42 heavy (non-hydrogen) atoms. The number of alkyl halides is 1. The number of methoxy groups -OCH3 is 2. The molecule has 12 heteroatoms. The Morgan fingerprint density at radius 1 is 1.14 bits per heavy atom. The van der Waals surface area contributed by atoms with Crippen LogP contribution >= 0.6 is 0 Å². The minimum absolute atomic E-state index is 0.0728. The highest BCUT2D eigenvalue weighted by Crippen LogP contribution is 2.43. The van der Waals surface area contributed by atoms with E-state index < -0.39 is 29.2 Å². The number of rotatable bonds is 8. The molecule has 0 aliphatic carbocycles. The van der Waals surface area contributed by atoms with Gasteiger partial charge in [-0.3, -0.25) is 4.90 Å². The fourth-order valence-corrected chi connectivity index (χ4v) is 6.09. The van der Waals surface area contributed by atoms with Crippen LogP contribution in [0.4, 0.5) is 13.2 Å². The monoisotopic (exact) mass is 580 g/mol. The van der Waals surface area contributed by atoms with Gasteiger partial charge in [0.1, 0.15) is 40.9 Å². The average Bonchev–Trinajstić information content (AvgIpc) is 3.51. The number of hydrogen-bond donors (Lipinski definition) is 1. The third kappa shape index (κ3) is 4.59. The summed E-state index contributed by atoms with van der Waals surface area (Å²) in [5.41, 5.74) is -1.13. The highest BCUT2D eigenvalue weighted by molar-refractivity contribution is 6.03. The van der Waals surface area contributed by atoms with Crippen LogP contribution in [0.25, 0.3) is 32.9 Å². The first-order valence-corrected chi connectivity index (χ1v) is 13.3. The fraction of sp³-hybridized carbons (Fsp3) is 0.367. The molecule has 4 aromatic rings. The van der Waals surface area contributed by atoms with Gasteiger partial charge in [-0.2, -0.15) is 9.97 Å². The molecular formula is C30H27F3N4O5. The molecule has 218 valence electrons. The molecule has 2 saturated heterocycles. The predicted molar refractivity (Wildman–Crippen MR) is 147 cm³/mol. The van der Waals surface area contributed by atoms with Gasteiger partial charge in [0, 0.05) is 31.0 Å². The van der Waals surface area contributed by atoms with Gasteiger partial charge >= 0.3 is 6.01 Å². The lowest BCUT2D eigenvalue weighted by Gasteiger charge is -2.30. The van der Waals surface area contributed by atoms with Crippen molar-refractivity contribution in [3.63, 3.8) is 0 Å². The number of aromatic hydroxyl groups is 1. The van der Waals surface area contributed by atoms with Crippen molar-refractivity contribution in [2.24, 2.45) is 0 Å². The quantitative estimate of drug-likeness (QED) is 0.234. The van der Waals surface area contributed by atoms with E-state index in [1.54, 1.807) is 6.07 Å². The van der Waals surface area contributed by atoms with Crippen molar-refractivity contribution in [2.75, 3.05) is 40.7 Å². The van der Waals surface area contributed by atoms with E-state index in [4.69, 9.17) is 25.4 Å². The molecule has 2 fully saturated rings. The lowest BCUT2D eigenvalue weighted by Crippen LogP contribution is -2.43. The number of ether oxygens (including phenoxy) is 4. The molecule has 2 atom stereocenters. The number of halogens is 3. The summed E-state index contributed by atoms with van der Waals surface area (Å²) in [7, 11) is 2.74. The van der Waals surface area contributed by atoms with E-state index in [1.807, 2.05) is 0 Å². The SMILES string of the molecule is C#Cc1c(F)ccc2cc(OCOC)cc(-c3nc(OC)c4c(O)nc(OC[C@@]56CCCN5C[C@H](F)C6)nc4c3F)c12. The van der Waals surface area contributed by atoms with Gasteiger partial charge < -0.3 is 24.1 Å². The summed E-state index contributed by atoms with van der Waals surface area (Å²) in [6.45, 7) is 1.06. The zero-order valence-electron chi connectivity index (χ0n) is 22.9. The molecule has 0 spiro atoms. The van der Waals surface area contributed by atoms with E-state index in [0.717, 1.165) is 19.4 Å². The Morgan fingerprint density at radius 2 is 1.98 bits per heavy atom. The summed E-state index contributed by atoms with van der Waals surface area (Å²) in [5, 5.41) is 11.3. The normalized spacial score (nSPS) is 20.1. The Balaban J connectivity index is 1.51. The first-order chi connectivity index (χ1) is 20.3. The number of benzene rings is 2. The number of pyridine rings is 1. The van der Waals surface area contributed by atoms with Crippen molar-refractivity contribution in [2.45, 2.75) is 31.0 Å². The molecule has 6 rings (SSSR count). The van der Waals surface area contributed by atoms with Crippen molar-refractivity contribution in [3.8, 4) is 47.1 Å². The van der Waals surface area contributed by atoms with Crippen molar-refractivity contribution < 1.29 is 37.2 Å². The largest absolute Gasteiger partial charge is 0.493 e. The van der Waals surface area contributed by atoms with Gasteiger partial charge in [0.25, 0.3) is 0 Å². The number of aromatic nitrogens is 3. The Morgan fingerprint density at radius 3 is 2.74 bits per heavy atom. The van der Waals surface area contributed by atoms with Crippen LogP contribution < -0.4 is 14.2 Å². The second kappa shape index (κ2) is 10.8. The van der Waals surface area contributed by atoms with Crippen LogP contribution in [0, 0.1) is 24.0 Å². The minimum atomic E-state index is -0.966. The highest BCUT2D eigenvalue weighted by atomic mass is 19.1. The zero-order valence-corrected chi connectivity index (χ0v) is 22.9. The van der Waals surface area contributed by atoms with Crippen molar-refractivity contribution >= 4 is 21.7 Å². The number of fused-ring (bicyclic) bond motifs is 3. The van der Waals surface area contributed by atoms with Crippen molar-refractivity contribution in [1.29, 1.82) is 0 Å². The first kappa shape index (κ1) is 27.8. The van der Waals surface area contributed by atoms with Gasteiger partial charge in [0.15, 0.2) is 12.6 Å². The summed E-state index contributed by atoms with van der Waals surface area (Å²) in [6, 6.07) is 5.48. The van der Waals surface area contributed by atoms with E-state index in [2.05, 4.69) is 25.8 Å². The van der Waals surface area contributed by atoms with Crippen molar-refractivity contribution in [3.05, 3.63) is 41.5 Å². The van der Waals surface area contributed by atoms with E-state index in [0.29, 0.717) is 18.4 Å². The molecule has 0 saturated carbocycles. The van der Waals surface area contributed by atoms with Gasteiger partial charge in [0.05, 0.1) is 18.2 Å². The van der Waals surface area contributed by atoms with Crippen molar-refractivity contribution in [1.82, 2.24) is 19.9 Å². The molecule has 0 bridgehead atoms. The summed E-state index contributed by atoms with van der Waals surface area (Å²) in [6.07, 6.45) is 6.65. The molecule has 1 N–H and O–H groups in total. The second-order valence-corrected chi connectivity index (χ2v) is 10.4. The fourth-order valence-electron chi connectivity index (χ4n) is 6.09. The molecule has 2 aliphatic rings. The molecule has 0 radical (unpaired) electrons. The van der Waals surface area contributed by atoms with Crippen LogP contribution in [-0.2, 0) is 4.74 Å². The third-order valence-corrected chi connectivity index (χ3v) is 7.92. The summed E-state index contributed by atoms with van der Waals surface area (Å²) in [5.74, 6) is 0.189. The minimum Gasteiger partial charge on any atom is -0.493 e. The van der Waals surface area contributed by atoms with Crippen LogP contribution in [0.2, 0.25) is 0 Å². The van der Waals surface area contributed by atoms with Crippen LogP contribution in [0.5, 0.6) is 23.5 Å². The molecule has 2 aromatic carbocycles. The number of hydrogen-bond acceptors (Lipinski definition) is 9. The van der Waals surface area contributed by atoms with Gasteiger partial charge in [-0.25, -0.2) is 18.2 Å². The number of terminal acetylenes is 1. The molecule has 2 aliphatic heterocycles. The molecule has 9 nitrogen and oxygen atoms in total. The topological polar surface area (TPSA) is 99.1 Å². The Kier molecular flexibility index (Phi) is 7.16. The van der Waals surface area contributed by atoms with Crippen LogP contribution in [-0.4, -0.2) is 77.4 Å². The van der Waals surface area contributed by atoms with E-state index in [1.165, 1.54) is 32.4 Å². The average molecular weight is 581 g/mol. The first-order valence-electron chi connectivity index (χ1n) is 13.3. The maximum Gasteiger partial charge on any atom is 0.320 e. The van der Waals surface area contributed by atoms with Crippen LogP contribution in [0.15, 0.2) is 24.3 Å². The molecule has 0 amide bonds. The van der Waals surface area contributed by atoms with Crippen LogP contribution in [0.3, 0.4) is 0 Å². The van der Waals surface area contributed by atoms with Gasteiger partial charge in [0.2, 0.25) is 11.8 Å². The molecule has 0 unspecified atom stereocenters. The van der Waals surface area contributed by atoms with Crippen LogP contribution in [0.1, 0.15) is 24.8 Å². The van der Waals surface area contributed by atoms with E-state index in [9.17, 15) is 13.9 Å². The van der Waals surface area contributed by atoms with E-state index in [-0.39, 0.29) is 64.1 Å². The Bertz CT molecular complexity index is 1750. The maximum absolute atomic E-state index is 16.4. The second-order valence-electron chi connectivity index (χ2n) is 10.4. The number of nitrogens with zero attached hydrogens (tertiary/aromatic N) is 4. The van der Waals surface area contributed by atoms with Gasteiger partial charge in [-0.1, -0.05) is 12.0 Å². The molecular weight excluding hydrogens is 553 g/mol. The summed E-state index contributed by atoms with van der Waals surface area (Å²) in [4.78, 5) is 14.6. The van der Waals surface area contributed by atoms with E-state index >= 15 is 4.39 Å². The molecule has 4 heterocycles. The summed E-state index contributed by atoms with van der Waals surface area (Å²) < 4.78 is 67.3. The standard InChI is InChI=1S/C30H27F3N4O5/c1-4-19-21(32)7-6-16-10-18(42-15-39-2)11-20(22(16)19)25-24(33)26-23(28(34-25)40-3)27(38)36-29(35-26)41-14-30-8-5-9-37(30)13-17(31)12-30/h1,6-7,10-11,17H,5,8-9,12-15H2,2-3H3,(H,35,36,38)/t17-,30+/m1/s1. The predicted octanol–water partition coefficient (Wildman–Crippen LogP) is 4.76. The molecule has 2 aromatic heterocycles. The van der Waals surface area contributed by atoms with Gasteiger partial charge in [-0.05, 0) is 43.0 Å². The third-order valence-electron chi connectivity index (χ3n) is 7.92. The Labute approximate surface area is 239 Å². The lowest BCUT2D eigenvalue weighted by atomic mass is 9.95. The highest BCUT2D eigenvalue weighted by Gasteiger charge is 2.49. The van der Waals surface area contributed by atoms with Gasteiger partial charge in [-0.15, -0.1) is 6.42 Å². The zero-order chi connectivity index (χ0) is 29.6. The smallest absolute Gasteiger partial charge is 0.320 e. The Hall–Kier alpha value is -4.34.